The molecule has 1 atom stereocenters. The Morgan fingerprint density at radius 1 is 1.17 bits per heavy atom. The van der Waals surface area contributed by atoms with Crippen molar-refractivity contribution in [1.82, 2.24) is 0 Å². The lowest BCUT2D eigenvalue weighted by atomic mass is 10.0. The highest BCUT2D eigenvalue weighted by molar-refractivity contribution is 5.82. The van der Waals surface area contributed by atoms with E-state index in [1.54, 1.807) is 0 Å². The number of hydrogen-bond donors (Lipinski definition) is 0. The van der Waals surface area contributed by atoms with Crippen LogP contribution in [0.2, 0.25) is 0 Å². The Morgan fingerprint density at radius 3 is 2.33 bits per heavy atom. The van der Waals surface area contributed by atoms with Crippen LogP contribution in [0.4, 0.5) is 22.0 Å². The average Bonchev–Trinajstić information content (AvgIpc) is 2.54. The van der Waals surface area contributed by atoms with E-state index in [0.717, 1.165) is 13.0 Å². The van der Waals surface area contributed by atoms with Crippen LogP contribution in [0, 0.1) is 18.6 Å². The number of halogens is 5. The van der Waals surface area contributed by atoms with Crippen LogP contribution >= 0.6 is 0 Å². The number of rotatable bonds is 1. The molecule has 0 fully saturated rings. The van der Waals surface area contributed by atoms with E-state index in [1.807, 2.05) is 0 Å². The van der Waals surface area contributed by atoms with Crippen molar-refractivity contribution in [2.75, 3.05) is 0 Å². The van der Waals surface area contributed by atoms with Crippen molar-refractivity contribution in [1.29, 1.82) is 0 Å². The monoisotopic (exact) mass is 264 g/mol. The van der Waals surface area contributed by atoms with Crippen molar-refractivity contribution in [2.24, 2.45) is 0 Å². The van der Waals surface area contributed by atoms with Crippen LogP contribution in [0.15, 0.2) is 16.5 Å². The average molecular weight is 264 g/mol. The fourth-order valence-electron chi connectivity index (χ4n) is 1.82. The van der Waals surface area contributed by atoms with Gasteiger partial charge in [0.2, 0.25) is 0 Å². The predicted octanol–water partition coefficient (Wildman–Crippen LogP) is 4.69. The van der Waals surface area contributed by atoms with Crippen molar-refractivity contribution < 1.29 is 26.4 Å². The largest absolute Gasteiger partial charge is 0.457 e. The number of benzene rings is 1. The quantitative estimate of drug-likeness (QED) is 0.681. The predicted molar refractivity (Wildman–Crippen MR) is 55.3 cm³/mol. The Kier molecular flexibility index (Phi) is 2.83. The zero-order chi connectivity index (χ0) is 13.7. The molecule has 0 saturated carbocycles. The number of hydrogen-bond acceptors (Lipinski definition) is 1. The second-order valence-electron chi connectivity index (χ2n) is 4.12. The molecule has 0 saturated heterocycles. The molecule has 1 nitrogen and oxygen atoms in total. The van der Waals surface area contributed by atoms with Crippen molar-refractivity contribution in [3.63, 3.8) is 0 Å². The highest BCUT2D eigenvalue weighted by Gasteiger charge is 2.40. The first-order valence-corrected chi connectivity index (χ1v) is 5.16. The van der Waals surface area contributed by atoms with E-state index in [9.17, 15) is 22.0 Å². The number of aryl methyl sites for hydroxylation is 1. The van der Waals surface area contributed by atoms with Crippen molar-refractivity contribution in [3.8, 4) is 0 Å². The summed E-state index contributed by atoms with van der Waals surface area (Å²) in [5.74, 6) is -4.11. The molecule has 0 spiro atoms. The number of furan rings is 1. The first-order valence-electron chi connectivity index (χ1n) is 5.16. The van der Waals surface area contributed by atoms with Crippen molar-refractivity contribution in [2.45, 2.75) is 25.9 Å². The molecular formula is C12H9F5O. The molecule has 0 unspecified atom stereocenters. The van der Waals surface area contributed by atoms with Gasteiger partial charge in [0.1, 0.15) is 17.5 Å². The molecule has 0 aliphatic heterocycles. The molecule has 2 aromatic rings. The van der Waals surface area contributed by atoms with Gasteiger partial charge in [-0.2, -0.15) is 13.2 Å². The van der Waals surface area contributed by atoms with Gasteiger partial charge in [-0.3, -0.25) is 0 Å². The van der Waals surface area contributed by atoms with E-state index in [0.29, 0.717) is 6.07 Å². The summed E-state index contributed by atoms with van der Waals surface area (Å²) in [5.41, 5.74) is -0.242. The van der Waals surface area contributed by atoms with Crippen molar-refractivity contribution >= 4 is 11.0 Å². The van der Waals surface area contributed by atoms with E-state index >= 15 is 0 Å². The second kappa shape index (κ2) is 3.96. The Bertz CT molecular complexity index is 597. The summed E-state index contributed by atoms with van der Waals surface area (Å²) in [4.78, 5) is 0. The van der Waals surface area contributed by atoms with Gasteiger partial charge < -0.3 is 4.42 Å². The lowest BCUT2D eigenvalue weighted by molar-refractivity contribution is -0.149. The molecule has 0 aliphatic carbocycles. The smallest absolute Gasteiger partial charge is 0.398 e. The SMILES string of the molecule is Cc1c([C@@H](C)C(F)(F)F)oc2c(F)cc(F)cc12. The van der Waals surface area contributed by atoms with E-state index in [1.165, 1.54) is 6.92 Å². The molecule has 6 heteroatoms. The van der Waals surface area contributed by atoms with Crippen molar-refractivity contribution in [3.05, 3.63) is 35.1 Å². The second-order valence-corrected chi connectivity index (χ2v) is 4.12. The third-order valence-corrected chi connectivity index (χ3v) is 2.88. The lowest BCUT2D eigenvalue weighted by Gasteiger charge is -2.13. The maximum Gasteiger partial charge on any atom is 0.398 e. The fraction of sp³-hybridized carbons (Fsp3) is 0.333. The number of fused-ring (bicyclic) bond motifs is 1. The summed E-state index contributed by atoms with van der Waals surface area (Å²) >= 11 is 0. The minimum Gasteiger partial charge on any atom is -0.457 e. The third kappa shape index (κ3) is 1.95. The van der Waals surface area contributed by atoms with Crippen LogP contribution in [0.5, 0.6) is 0 Å². The Labute approximate surface area is 99.2 Å². The van der Waals surface area contributed by atoms with Crippen LogP contribution in [0.1, 0.15) is 24.2 Å². The fourth-order valence-corrected chi connectivity index (χ4v) is 1.82. The molecule has 1 heterocycles. The highest BCUT2D eigenvalue weighted by atomic mass is 19.4. The molecule has 0 bridgehead atoms. The minimum absolute atomic E-state index is 0.0265. The van der Waals surface area contributed by atoms with E-state index in [-0.39, 0.29) is 22.3 Å². The summed E-state index contributed by atoms with van der Waals surface area (Å²) < 4.78 is 69.1. The standard InChI is InChI=1S/C12H9F5O/c1-5-8-3-7(13)4-9(14)11(8)18-10(5)6(2)12(15,16)17/h3-4,6H,1-2H3/t6-/m1/s1. The highest BCUT2D eigenvalue weighted by Crippen LogP contribution is 2.40. The van der Waals surface area contributed by atoms with Crippen LogP contribution in [-0.2, 0) is 0 Å². The van der Waals surface area contributed by atoms with E-state index < -0.39 is 23.7 Å². The minimum atomic E-state index is -4.49. The van der Waals surface area contributed by atoms with Crippen LogP contribution in [0.25, 0.3) is 11.0 Å². The summed E-state index contributed by atoms with van der Waals surface area (Å²) in [6.07, 6.45) is -4.49. The normalized spacial score (nSPS) is 14.2. The van der Waals surface area contributed by atoms with Gasteiger partial charge in [0.15, 0.2) is 11.4 Å². The van der Waals surface area contributed by atoms with Gasteiger partial charge in [0, 0.05) is 11.5 Å². The van der Waals surface area contributed by atoms with Gasteiger partial charge in [0.25, 0.3) is 0 Å². The topological polar surface area (TPSA) is 13.1 Å². The molecule has 1 aromatic carbocycles. The van der Waals surface area contributed by atoms with Gasteiger partial charge in [-0.25, -0.2) is 8.78 Å². The van der Waals surface area contributed by atoms with Gasteiger partial charge in [-0.15, -0.1) is 0 Å². The zero-order valence-electron chi connectivity index (χ0n) is 9.53. The third-order valence-electron chi connectivity index (χ3n) is 2.88. The van der Waals surface area contributed by atoms with Gasteiger partial charge in [0.05, 0.1) is 0 Å². The maximum absolute atomic E-state index is 13.4. The zero-order valence-corrected chi connectivity index (χ0v) is 9.53. The van der Waals surface area contributed by atoms with Gasteiger partial charge in [-0.1, -0.05) is 0 Å². The molecule has 2 rings (SSSR count). The van der Waals surface area contributed by atoms with Crippen LogP contribution in [-0.4, -0.2) is 6.18 Å². The molecule has 1 aromatic heterocycles. The molecule has 0 radical (unpaired) electrons. The molecule has 98 valence electrons. The molecule has 0 amide bonds. The molecule has 18 heavy (non-hydrogen) atoms. The number of alkyl halides is 3. The maximum atomic E-state index is 13.4. The molecule has 0 aliphatic rings. The van der Waals surface area contributed by atoms with E-state index in [4.69, 9.17) is 4.42 Å². The molecule has 0 N–H and O–H groups in total. The van der Waals surface area contributed by atoms with Crippen LogP contribution < -0.4 is 0 Å². The summed E-state index contributed by atoms with van der Waals surface area (Å²) in [5, 5.41) is 0.0265. The van der Waals surface area contributed by atoms with Crippen LogP contribution in [0.3, 0.4) is 0 Å². The first kappa shape index (κ1) is 12.9. The Morgan fingerprint density at radius 2 is 1.78 bits per heavy atom. The Hall–Kier alpha value is -1.59. The summed E-state index contributed by atoms with van der Waals surface area (Å²) in [6, 6.07) is 1.54. The molecular weight excluding hydrogens is 255 g/mol. The van der Waals surface area contributed by atoms with Gasteiger partial charge in [-0.05, 0) is 25.5 Å². The summed E-state index contributed by atoms with van der Waals surface area (Å²) in [7, 11) is 0. The Balaban J connectivity index is 2.68. The lowest BCUT2D eigenvalue weighted by Crippen LogP contribution is -2.17. The van der Waals surface area contributed by atoms with E-state index in [2.05, 4.69) is 0 Å². The van der Waals surface area contributed by atoms with Gasteiger partial charge >= 0.3 is 6.18 Å². The summed E-state index contributed by atoms with van der Waals surface area (Å²) in [6.45, 7) is 2.27. The first-order chi connectivity index (χ1) is 8.21.